The fourth-order valence-corrected chi connectivity index (χ4v) is 4.13. The molecule has 4 rings (SSSR count). The van der Waals surface area contributed by atoms with Gasteiger partial charge in [-0.3, -0.25) is 9.55 Å². The van der Waals surface area contributed by atoms with Crippen LogP contribution in [-0.4, -0.2) is 40.0 Å². The molecule has 0 aliphatic rings. The number of carbonyl (C=O) groups excluding carboxylic acids is 2. The molecule has 3 heterocycles. The summed E-state index contributed by atoms with van der Waals surface area (Å²) in [4.78, 5) is 32.5. The van der Waals surface area contributed by atoms with Crippen molar-refractivity contribution in [1.29, 1.82) is 5.26 Å². The Kier molecular flexibility index (Phi) is 6.57. The van der Waals surface area contributed by atoms with Gasteiger partial charge in [-0.05, 0) is 60.6 Å². The van der Waals surface area contributed by atoms with Gasteiger partial charge in [0.25, 0.3) is 0 Å². The number of methoxy groups -OCH3 is 1. The molecule has 10 heteroatoms. The van der Waals surface area contributed by atoms with Gasteiger partial charge in [0, 0.05) is 23.2 Å². The fourth-order valence-electron chi connectivity index (χ4n) is 4.13. The Morgan fingerprint density at radius 3 is 2.24 bits per heavy atom. The molecule has 0 spiro atoms. The van der Waals surface area contributed by atoms with E-state index in [0.717, 1.165) is 4.90 Å². The molecule has 0 fully saturated rings. The summed E-state index contributed by atoms with van der Waals surface area (Å²) < 4.78 is 24.2. The van der Waals surface area contributed by atoms with Crippen LogP contribution in [0.3, 0.4) is 0 Å². The van der Waals surface area contributed by atoms with Crippen molar-refractivity contribution in [3.05, 3.63) is 47.9 Å². The molecule has 1 aromatic carbocycles. The van der Waals surface area contributed by atoms with Gasteiger partial charge in [0.15, 0.2) is 11.4 Å². The number of nitrogens with zero attached hydrogens (tertiary/aromatic N) is 4. The van der Waals surface area contributed by atoms with Crippen LogP contribution < -0.4 is 9.64 Å². The number of rotatable bonds is 3. The number of hydrogen-bond acceptors (Lipinski definition) is 8. The number of anilines is 1. The molecule has 0 aliphatic carbocycles. The molecular formula is C28H30N4O6. The van der Waals surface area contributed by atoms with Crippen LogP contribution >= 0.6 is 0 Å². The zero-order chi connectivity index (χ0) is 28.0. The van der Waals surface area contributed by atoms with Crippen LogP contribution in [0.1, 0.15) is 52.7 Å². The quantitative estimate of drug-likeness (QED) is 0.296. The number of carbonyl (C=O) groups is 2. The first-order valence-electron chi connectivity index (χ1n) is 12.0. The number of nitriles is 1. The van der Waals surface area contributed by atoms with Crippen molar-refractivity contribution in [1.82, 2.24) is 9.55 Å². The minimum absolute atomic E-state index is 0.0183. The summed E-state index contributed by atoms with van der Waals surface area (Å²) in [6.07, 6.45) is 0.995. The largest absolute Gasteiger partial charge is 0.496 e. The van der Waals surface area contributed by atoms with Crippen LogP contribution in [0.2, 0.25) is 0 Å². The third kappa shape index (κ3) is 4.75. The highest BCUT2D eigenvalue weighted by molar-refractivity contribution is 6.15. The standard InChI is InChI=1S/C28H30N4O6/c1-16-20(10-9-11-21(16)35-8)31-22-18(15-30-19-12-13-36-23(19)22)17(14-29)24(31)32(25(33)37-27(2,3)4)26(34)38-28(5,6)7/h9-13,15H,1-8H3. The number of furan rings is 1. The van der Waals surface area contributed by atoms with Gasteiger partial charge in [-0.2, -0.15) is 10.2 Å². The van der Waals surface area contributed by atoms with Crippen LogP contribution in [0.25, 0.3) is 27.7 Å². The molecule has 0 aliphatic heterocycles. The monoisotopic (exact) mass is 518 g/mol. The van der Waals surface area contributed by atoms with Crippen LogP contribution in [0, 0.1) is 18.3 Å². The van der Waals surface area contributed by atoms with Gasteiger partial charge in [0.1, 0.15) is 39.6 Å². The Morgan fingerprint density at radius 2 is 1.68 bits per heavy atom. The lowest BCUT2D eigenvalue weighted by atomic mass is 10.1. The summed E-state index contributed by atoms with van der Waals surface area (Å²) in [5, 5.41) is 10.7. The molecule has 0 saturated heterocycles. The Morgan fingerprint density at radius 1 is 1.05 bits per heavy atom. The second kappa shape index (κ2) is 9.41. The first-order valence-corrected chi connectivity index (χ1v) is 12.0. The highest BCUT2D eigenvalue weighted by atomic mass is 16.6. The normalized spacial score (nSPS) is 11.9. The summed E-state index contributed by atoms with van der Waals surface area (Å²) in [7, 11) is 1.55. The van der Waals surface area contributed by atoms with E-state index in [1.165, 1.54) is 12.5 Å². The Bertz CT molecular complexity index is 1570. The Hall–Kier alpha value is -4.52. The van der Waals surface area contributed by atoms with E-state index in [1.54, 1.807) is 77.5 Å². The predicted molar refractivity (Wildman–Crippen MR) is 142 cm³/mol. The Balaban J connectivity index is 2.18. The highest BCUT2D eigenvalue weighted by Crippen LogP contribution is 2.41. The van der Waals surface area contributed by atoms with E-state index in [2.05, 4.69) is 11.1 Å². The SMILES string of the molecule is COc1cccc(-n2c(N(C(=O)OC(C)(C)C)C(=O)OC(C)(C)C)c(C#N)c3cnc4ccoc4c32)c1C. The van der Waals surface area contributed by atoms with Crippen molar-refractivity contribution in [2.24, 2.45) is 0 Å². The molecule has 0 radical (unpaired) electrons. The minimum Gasteiger partial charge on any atom is -0.496 e. The lowest BCUT2D eigenvalue weighted by Gasteiger charge is -2.29. The maximum Gasteiger partial charge on any atom is 0.425 e. The van der Waals surface area contributed by atoms with E-state index >= 15 is 0 Å². The zero-order valence-electron chi connectivity index (χ0n) is 22.7. The van der Waals surface area contributed by atoms with E-state index < -0.39 is 23.4 Å². The number of aromatic nitrogens is 2. The molecular weight excluding hydrogens is 488 g/mol. The van der Waals surface area contributed by atoms with Crippen LogP contribution in [-0.2, 0) is 9.47 Å². The van der Waals surface area contributed by atoms with Crippen molar-refractivity contribution < 1.29 is 28.2 Å². The number of hydrogen-bond donors (Lipinski definition) is 0. The average molecular weight is 519 g/mol. The first kappa shape index (κ1) is 26.5. The van der Waals surface area contributed by atoms with Crippen LogP contribution in [0.5, 0.6) is 5.75 Å². The maximum atomic E-state index is 13.7. The summed E-state index contributed by atoms with van der Waals surface area (Å²) in [5.74, 6) is 0.507. The number of benzene rings is 1. The third-order valence-corrected chi connectivity index (χ3v) is 5.57. The Labute approximate surface area is 220 Å². The smallest absolute Gasteiger partial charge is 0.425 e. The number of amides is 2. The molecule has 38 heavy (non-hydrogen) atoms. The number of ether oxygens (including phenoxy) is 3. The van der Waals surface area contributed by atoms with E-state index in [4.69, 9.17) is 18.6 Å². The molecule has 0 N–H and O–H groups in total. The highest BCUT2D eigenvalue weighted by Gasteiger charge is 2.39. The van der Waals surface area contributed by atoms with Crippen LogP contribution in [0.15, 0.2) is 41.1 Å². The molecule has 0 saturated carbocycles. The van der Waals surface area contributed by atoms with Gasteiger partial charge in [0.05, 0.1) is 19.1 Å². The summed E-state index contributed by atoms with van der Waals surface area (Å²) in [5.41, 5.74) is 0.736. The first-order chi connectivity index (χ1) is 17.8. The molecule has 4 aromatic rings. The third-order valence-electron chi connectivity index (χ3n) is 5.57. The fraction of sp³-hybridized carbons (Fsp3) is 0.357. The lowest BCUT2D eigenvalue weighted by molar-refractivity contribution is 0.0428. The summed E-state index contributed by atoms with van der Waals surface area (Å²) >= 11 is 0. The van der Waals surface area contributed by atoms with Gasteiger partial charge in [-0.25, -0.2) is 9.59 Å². The molecule has 198 valence electrons. The topological polar surface area (TPSA) is 120 Å². The molecule has 0 unspecified atom stereocenters. The molecule has 2 amide bonds. The summed E-state index contributed by atoms with van der Waals surface area (Å²) in [6.45, 7) is 11.9. The van der Waals surface area contributed by atoms with E-state index in [9.17, 15) is 14.9 Å². The molecule has 0 bridgehead atoms. The van der Waals surface area contributed by atoms with Crippen LogP contribution in [0.4, 0.5) is 15.4 Å². The van der Waals surface area contributed by atoms with Gasteiger partial charge < -0.3 is 18.6 Å². The second-order valence-electron chi connectivity index (χ2n) is 10.7. The molecule has 3 aromatic heterocycles. The number of imide groups is 1. The van der Waals surface area contributed by atoms with Crippen molar-refractivity contribution in [2.75, 3.05) is 12.0 Å². The maximum absolute atomic E-state index is 13.7. The van der Waals surface area contributed by atoms with Gasteiger partial charge in [-0.15, -0.1) is 0 Å². The molecule has 0 atom stereocenters. The average Bonchev–Trinajstić information content (AvgIpc) is 3.39. The van der Waals surface area contributed by atoms with Gasteiger partial charge >= 0.3 is 12.2 Å². The molecule has 10 nitrogen and oxygen atoms in total. The predicted octanol–water partition coefficient (Wildman–Crippen LogP) is 6.64. The van der Waals surface area contributed by atoms with E-state index in [1.807, 2.05) is 6.92 Å². The number of pyridine rings is 1. The lowest BCUT2D eigenvalue weighted by Crippen LogP contribution is -2.45. The zero-order valence-corrected chi connectivity index (χ0v) is 22.7. The number of fused-ring (bicyclic) bond motifs is 3. The van der Waals surface area contributed by atoms with Crippen molar-refractivity contribution >= 4 is 40.0 Å². The van der Waals surface area contributed by atoms with Crippen molar-refractivity contribution in [2.45, 2.75) is 59.7 Å². The summed E-state index contributed by atoms with van der Waals surface area (Å²) in [6, 6.07) is 9.20. The van der Waals surface area contributed by atoms with Crippen molar-refractivity contribution in [3.8, 4) is 17.5 Å². The minimum atomic E-state index is -1.00. The van der Waals surface area contributed by atoms with Gasteiger partial charge in [0.2, 0.25) is 0 Å². The van der Waals surface area contributed by atoms with Gasteiger partial charge in [-0.1, -0.05) is 6.07 Å². The van der Waals surface area contributed by atoms with Crippen molar-refractivity contribution in [3.63, 3.8) is 0 Å². The van der Waals surface area contributed by atoms with E-state index in [0.29, 0.717) is 39.0 Å². The second-order valence-corrected chi connectivity index (χ2v) is 10.7. The van der Waals surface area contributed by atoms with E-state index in [-0.39, 0.29) is 11.4 Å².